The molecule has 0 aliphatic heterocycles. The van der Waals surface area contributed by atoms with E-state index >= 15 is 0 Å². The van der Waals surface area contributed by atoms with E-state index in [1.54, 1.807) is 69.4 Å². The second-order valence-electron chi connectivity index (χ2n) is 7.61. The number of ether oxygens (including phenoxy) is 1. The molecule has 4 N–H and O–H groups in total. The van der Waals surface area contributed by atoms with E-state index in [-0.39, 0.29) is 5.69 Å². The van der Waals surface area contributed by atoms with Gasteiger partial charge in [0.15, 0.2) is 0 Å². The minimum atomic E-state index is -0.722. The number of rotatable bonds is 4. The topological polar surface area (TPSA) is 125 Å². The maximum Gasteiger partial charge on any atom is 0.412 e. The summed E-state index contributed by atoms with van der Waals surface area (Å²) in [5.41, 5.74) is 0.978. The molecule has 0 aliphatic carbocycles. The third kappa shape index (κ3) is 6.17. The number of H-pyrrole nitrogens is 1. The number of hydrogen-bond acceptors (Lipinski definition) is 5. The molecule has 0 saturated carbocycles. The number of nitrogens with one attached hydrogen (secondary N) is 4. The number of benzene rings is 1. The van der Waals surface area contributed by atoms with Gasteiger partial charge in [-0.15, -0.1) is 0 Å². The summed E-state index contributed by atoms with van der Waals surface area (Å²) in [7, 11) is 0. The van der Waals surface area contributed by atoms with E-state index in [1.165, 1.54) is 12.3 Å². The van der Waals surface area contributed by atoms with Gasteiger partial charge in [-0.2, -0.15) is 0 Å². The lowest BCUT2D eigenvalue weighted by Crippen LogP contribution is -2.29. The predicted molar refractivity (Wildman–Crippen MR) is 119 cm³/mol. The molecule has 2 heterocycles. The van der Waals surface area contributed by atoms with Crippen LogP contribution < -0.4 is 21.5 Å². The molecule has 2 aromatic heterocycles. The maximum atomic E-state index is 12.5. The Bertz CT molecular complexity index is 1140. The molecule has 0 fully saturated rings. The second kappa shape index (κ2) is 9.12. The lowest BCUT2D eigenvalue weighted by Gasteiger charge is -2.19. The molecule has 0 bridgehead atoms. The Morgan fingerprint density at radius 2 is 1.71 bits per heavy atom. The predicted octanol–water partition coefficient (Wildman–Crippen LogP) is 4.43. The summed E-state index contributed by atoms with van der Waals surface area (Å²) in [5, 5.41) is 7.87. The summed E-state index contributed by atoms with van der Waals surface area (Å²) in [6.45, 7) is 5.19. The highest BCUT2D eigenvalue weighted by Crippen LogP contribution is 2.26. The number of hydrogen-bond donors (Lipinski definition) is 4. The molecule has 0 aliphatic rings. The molecule has 0 radical (unpaired) electrons. The van der Waals surface area contributed by atoms with Crippen LogP contribution in [0, 0.1) is 0 Å². The van der Waals surface area contributed by atoms with Crippen molar-refractivity contribution in [2.24, 2.45) is 0 Å². The first-order valence-electron chi connectivity index (χ1n) is 9.52. The zero-order valence-corrected chi connectivity index (χ0v) is 17.4. The van der Waals surface area contributed by atoms with E-state index in [1.807, 2.05) is 0 Å². The van der Waals surface area contributed by atoms with Crippen molar-refractivity contribution in [2.45, 2.75) is 26.4 Å². The Morgan fingerprint density at radius 1 is 0.935 bits per heavy atom. The minimum absolute atomic E-state index is 0.0535. The van der Waals surface area contributed by atoms with E-state index in [9.17, 15) is 14.4 Å². The molecule has 1 aromatic carbocycles. The van der Waals surface area contributed by atoms with E-state index < -0.39 is 23.3 Å². The molecule has 3 amide bonds. The lowest BCUT2D eigenvalue weighted by atomic mass is 10.1. The van der Waals surface area contributed by atoms with E-state index in [0.29, 0.717) is 22.6 Å². The van der Waals surface area contributed by atoms with Gasteiger partial charge in [0.25, 0.3) is 5.56 Å². The number of carbonyl (C=O) groups excluding carboxylic acids is 2. The summed E-state index contributed by atoms with van der Waals surface area (Å²) in [6, 6.07) is 13.1. The van der Waals surface area contributed by atoms with Crippen LogP contribution in [-0.4, -0.2) is 27.7 Å². The van der Waals surface area contributed by atoms with Crippen molar-refractivity contribution >= 4 is 29.2 Å². The van der Waals surface area contributed by atoms with Gasteiger partial charge >= 0.3 is 12.1 Å². The van der Waals surface area contributed by atoms with Crippen molar-refractivity contribution in [3.05, 3.63) is 71.3 Å². The number of nitrogens with zero attached hydrogens (tertiary/aromatic N) is 1. The molecular formula is C22H23N5O4. The molecule has 160 valence electrons. The number of anilines is 3. The molecule has 3 rings (SSSR count). The third-order valence-corrected chi connectivity index (χ3v) is 3.93. The largest absolute Gasteiger partial charge is 0.444 e. The van der Waals surface area contributed by atoms with E-state index in [0.717, 1.165) is 0 Å². The number of aromatic amines is 1. The van der Waals surface area contributed by atoms with Crippen LogP contribution in [0.3, 0.4) is 0 Å². The van der Waals surface area contributed by atoms with Gasteiger partial charge in [-0.05, 0) is 51.1 Å². The first-order chi connectivity index (χ1) is 14.7. The molecule has 9 nitrogen and oxygen atoms in total. The van der Waals surface area contributed by atoms with Crippen LogP contribution in [0.4, 0.5) is 26.7 Å². The normalized spacial score (nSPS) is 10.8. The highest BCUT2D eigenvalue weighted by molar-refractivity contribution is 6.02. The Kier molecular flexibility index (Phi) is 6.35. The Labute approximate surface area is 178 Å². The van der Waals surface area contributed by atoms with Gasteiger partial charge in [0, 0.05) is 11.8 Å². The Hall–Kier alpha value is -4.14. The number of pyridine rings is 2. The maximum absolute atomic E-state index is 12.5. The third-order valence-electron chi connectivity index (χ3n) is 3.93. The van der Waals surface area contributed by atoms with Crippen molar-refractivity contribution in [3.63, 3.8) is 0 Å². The van der Waals surface area contributed by atoms with Crippen molar-refractivity contribution < 1.29 is 14.3 Å². The number of para-hydroxylation sites is 1. The van der Waals surface area contributed by atoms with Crippen LogP contribution in [0.15, 0.2) is 65.7 Å². The van der Waals surface area contributed by atoms with Crippen LogP contribution in [0.5, 0.6) is 0 Å². The van der Waals surface area contributed by atoms with Crippen molar-refractivity contribution in [1.29, 1.82) is 0 Å². The summed E-state index contributed by atoms with van der Waals surface area (Å²) in [4.78, 5) is 43.4. The van der Waals surface area contributed by atoms with Gasteiger partial charge in [-0.1, -0.05) is 18.2 Å². The first-order valence-corrected chi connectivity index (χ1v) is 9.52. The van der Waals surface area contributed by atoms with Gasteiger partial charge < -0.3 is 20.4 Å². The highest BCUT2D eigenvalue weighted by atomic mass is 16.6. The summed E-state index contributed by atoms with van der Waals surface area (Å²) >= 11 is 0. The van der Waals surface area contributed by atoms with Gasteiger partial charge in [-0.25, -0.2) is 9.59 Å². The monoisotopic (exact) mass is 421 g/mol. The number of urea groups is 1. The van der Waals surface area contributed by atoms with Crippen molar-refractivity contribution in [1.82, 2.24) is 9.97 Å². The fourth-order valence-corrected chi connectivity index (χ4v) is 2.69. The molecule has 0 atom stereocenters. The quantitative estimate of drug-likeness (QED) is 0.496. The molecule has 0 saturated heterocycles. The second-order valence-corrected chi connectivity index (χ2v) is 7.61. The van der Waals surface area contributed by atoms with Gasteiger partial charge in [-0.3, -0.25) is 15.1 Å². The fourth-order valence-electron chi connectivity index (χ4n) is 2.69. The standard InChI is InChI=1S/C22H23N5O4/c1-22(2,3)31-21(30)27-18-11-10-17(25-19(18)28)15-8-4-5-9-16(15)26-20(29)24-14-7-6-12-23-13-14/h4-13H,1-3H3,(H,25,28)(H,27,30)(H2,24,26,29). The van der Waals surface area contributed by atoms with Crippen LogP contribution in [0.25, 0.3) is 11.3 Å². The Balaban J connectivity index is 1.77. The summed E-state index contributed by atoms with van der Waals surface area (Å²) in [6.07, 6.45) is 2.41. The number of carbonyl (C=O) groups is 2. The summed E-state index contributed by atoms with van der Waals surface area (Å²) < 4.78 is 5.16. The zero-order chi connectivity index (χ0) is 22.4. The van der Waals surface area contributed by atoms with Gasteiger partial charge in [0.05, 0.1) is 23.3 Å². The SMILES string of the molecule is CC(C)(C)OC(=O)Nc1ccc(-c2ccccc2NC(=O)Nc2cccnc2)[nH]c1=O. The van der Waals surface area contributed by atoms with Crippen molar-refractivity contribution in [2.75, 3.05) is 16.0 Å². The number of amides is 3. The highest BCUT2D eigenvalue weighted by Gasteiger charge is 2.17. The molecular weight excluding hydrogens is 398 g/mol. The Morgan fingerprint density at radius 3 is 2.39 bits per heavy atom. The molecule has 9 heteroatoms. The molecule has 0 unspecified atom stereocenters. The molecule has 0 spiro atoms. The van der Waals surface area contributed by atoms with Crippen molar-refractivity contribution in [3.8, 4) is 11.3 Å². The minimum Gasteiger partial charge on any atom is -0.444 e. The smallest absolute Gasteiger partial charge is 0.412 e. The van der Waals surface area contributed by atoms with E-state index in [4.69, 9.17) is 4.74 Å². The lowest BCUT2D eigenvalue weighted by molar-refractivity contribution is 0.0635. The average molecular weight is 421 g/mol. The fraction of sp³-hybridized carbons (Fsp3) is 0.182. The summed E-state index contributed by atoms with van der Waals surface area (Å²) in [5.74, 6) is 0. The average Bonchev–Trinajstić information content (AvgIpc) is 2.69. The molecule has 3 aromatic rings. The van der Waals surface area contributed by atoms with Gasteiger partial charge in [0.2, 0.25) is 0 Å². The first kappa shape index (κ1) is 21.6. The van der Waals surface area contributed by atoms with Crippen LogP contribution in [0.2, 0.25) is 0 Å². The van der Waals surface area contributed by atoms with Crippen LogP contribution in [-0.2, 0) is 4.74 Å². The van der Waals surface area contributed by atoms with Crippen LogP contribution in [0.1, 0.15) is 20.8 Å². The van der Waals surface area contributed by atoms with E-state index in [2.05, 4.69) is 25.9 Å². The van der Waals surface area contributed by atoms with Gasteiger partial charge in [0.1, 0.15) is 11.3 Å². The number of aromatic nitrogens is 2. The zero-order valence-electron chi connectivity index (χ0n) is 17.4. The molecule has 31 heavy (non-hydrogen) atoms. The van der Waals surface area contributed by atoms with Crippen LogP contribution >= 0.6 is 0 Å².